The van der Waals surface area contributed by atoms with Gasteiger partial charge in [0.15, 0.2) is 5.16 Å². The maximum atomic E-state index is 14.0. The maximum Gasteiger partial charge on any atom is 0.326 e. The number of rotatable bonds is 13. The summed E-state index contributed by atoms with van der Waals surface area (Å²) < 4.78 is 7.55. The van der Waals surface area contributed by atoms with Crippen LogP contribution in [0.3, 0.4) is 0 Å². The van der Waals surface area contributed by atoms with Gasteiger partial charge < -0.3 is 14.2 Å². The Labute approximate surface area is 270 Å². The minimum atomic E-state index is -0.560. The van der Waals surface area contributed by atoms with Crippen molar-refractivity contribution in [3.05, 3.63) is 132 Å². The molecule has 0 atom stereocenters. The summed E-state index contributed by atoms with van der Waals surface area (Å²) in [5.74, 6) is 0.550. The van der Waals surface area contributed by atoms with Crippen molar-refractivity contribution < 1.29 is 14.3 Å². The lowest BCUT2D eigenvalue weighted by Gasteiger charge is -2.26. The lowest BCUT2D eigenvalue weighted by Crippen LogP contribution is -2.33. The molecule has 1 heterocycles. The van der Waals surface area contributed by atoms with E-state index in [9.17, 15) is 9.59 Å². The lowest BCUT2D eigenvalue weighted by molar-refractivity contribution is -0.155. The molecule has 4 aromatic carbocycles. The number of nitrogens with zero attached hydrogens (tertiary/aromatic N) is 3. The minimum Gasteiger partial charge on any atom is -0.459 e. The van der Waals surface area contributed by atoms with Gasteiger partial charge in [-0.05, 0) is 56.0 Å². The van der Waals surface area contributed by atoms with Gasteiger partial charge in [0.25, 0.3) is 0 Å². The van der Waals surface area contributed by atoms with E-state index in [4.69, 9.17) is 9.72 Å². The smallest absolute Gasteiger partial charge is 0.326 e. The van der Waals surface area contributed by atoms with Gasteiger partial charge in [0.2, 0.25) is 5.91 Å². The number of fused-ring (bicyclic) bond motifs is 1. The molecule has 0 saturated carbocycles. The molecule has 6 nitrogen and oxygen atoms in total. The third kappa shape index (κ3) is 9.08. The summed E-state index contributed by atoms with van der Waals surface area (Å²) in [6.07, 6.45) is 1.17. The number of aromatic nitrogens is 2. The molecule has 232 valence electrons. The number of hydrogen-bond donors (Lipinski definition) is 0. The highest BCUT2D eigenvalue weighted by Gasteiger charge is 2.23. The topological polar surface area (TPSA) is 64.4 Å². The monoisotopic (exact) mass is 619 g/mol. The first kappa shape index (κ1) is 32.0. The number of imidazole rings is 1. The second kappa shape index (κ2) is 15.1. The Balaban J connectivity index is 1.30. The van der Waals surface area contributed by atoms with Crippen LogP contribution in [0.15, 0.2) is 120 Å². The van der Waals surface area contributed by atoms with Crippen LogP contribution in [0.25, 0.3) is 11.0 Å². The number of hydrogen-bond acceptors (Lipinski definition) is 5. The van der Waals surface area contributed by atoms with E-state index in [2.05, 4.69) is 36.4 Å². The summed E-state index contributed by atoms with van der Waals surface area (Å²) in [5, 5.41) is 0.774. The SMILES string of the molecule is CC(C)(C)OC(=O)Cn1c(SCCCN(Cc2ccccc2)C(=O)CC(c2ccccc2)c2ccccc2)nc2ccccc21. The maximum absolute atomic E-state index is 14.0. The van der Waals surface area contributed by atoms with E-state index in [1.807, 2.05) is 109 Å². The van der Waals surface area contributed by atoms with E-state index in [1.165, 1.54) is 0 Å². The number of benzene rings is 4. The first-order valence-corrected chi connectivity index (χ1v) is 16.5. The normalized spacial score (nSPS) is 11.6. The molecule has 0 radical (unpaired) electrons. The molecule has 0 unspecified atom stereocenters. The van der Waals surface area contributed by atoms with Crippen molar-refractivity contribution in [1.82, 2.24) is 14.5 Å². The molecule has 0 fully saturated rings. The van der Waals surface area contributed by atoms with Gasteiger partial charge in [0, 0.05) is 31.2 Å². The molecular weight excluding hydrogens is 579 g/mol. The molecule has 7 heteroatoms. The van der Waals surface area contributed by atoms with Crippen LogP contribution in [-0.2, 0) is 27.4 Å². The first-order chi connectivity index (χ1) is 21.8. The molecule has 0 bridgehead atoms. The number of para-hydroxylation sites is 2. The van der Waals surface area contributed by atoms with Crippen LogP contribution in [0.4, 0.5) is 0 Å². The van der Waals surface area contributed by atoms with E-state index < -0.39 is 5.60 Å². The zero-order valence-corrected chi connectivity index (χ0v) is 27.1. The van der Waals surface area contributed by atoms with Gasteiger partial charge in [-0.1, -0.05) is 115 Å². The van der Waals surface area contributed by atoms with Crippen LogP contribution >= 0.6 is 11.8 Å². The fourth-order valence-electron chi connectivity index (χ4n) is 5.44. The van der Waals surface area contributed by atoms with E-state index in [-0.39, 0.29) is 24.3 Å². The highest BCUT2D eigenvalue weighted by atomic mass is 32.2. The summed E-state index contributed by atoms with van der Waals surface area (Å²) in [4.78, 5) is 33.6. The number of carbonyl (C=O) groups is 2. The van der Waals surface area contributed by atoms with Crippen LogP contribution in [0.2, 0.25) is 0 Å². The number of ether oxygens (including phenoxy) is 1. The Morgan fingerprint density at radius 1 is 0.822 bits per heavy atom. The fraction of sp³-hybridized carbons (Fsp3) is 0.289. The largest absolute Gasteiger partial charge is 0.459 e. The van der Waals surface area contributed by atoms with Crippen LogP contribution in [-0.4, -0.2) is 44.2 Å². The van der Waals surface area contributed by atoms with Crippen molar-refractivity contribution >= 4 is 34.7 Å². The lowest BCUT2D eigenvalue weighted by atomic mass is 9.88. The van der Waals surface area contributed by atoms with Gasteiger partial charge in [-0.2, -0.15) is 0 Å². The van der Waals surface area contributed by atoms with E-state index >= 15 is 0 Å². The molecule has 0 aliphatic carbocycles. The highest BCUT2D eigenvalue weighted by Crippen LogP contribution is 2.30. The fourth-order valence-corrected chi connectivity index (χ4v) is 6.37. The summed E-state index contributed by atoms with van der Waals surface area (Å²) in [6, 6.07) is 38.6. The highest BCUT2D eigenvalue weighted by molar-refractivity contribution is 7.99. The van der Waals surface area contributed by atoms with Gasteiger partial charge >= 0.3 is 5.97 Å². The van der Waals surface area contributed by atoms with Crippen LogP contribution < -0.4 is 0 Å². The van der Waals surface area contributed by atoms with Crippen molar-refractivity contribution in [2.24, 2.45) is 0 Å². The molecule has 0 N–H and O–H groups in total. The Morgan fingerprint density at radius 2 is 1.40 bits per heavy atom. The zero-order valence-electron chi connectivity index (χ0n) is 26.3. The summed E-state index contributed by atoms with van der Waals surface area (Å²) in [7, 11) is 0. The van der Waals surface area contributed by atoms with E-state index in [0.717, 1.165) is 45.1 Å². The quantitative estimate of drug-likeness (QED) is 0.0757. The van der Waals surface area contributed by atoms with Crippen molar-refractivity contribution in [3.8, 4) is 0 Å². The van der Waals surface area contributed by atoms with Gasteiger partial charge in [0.1, 0.15) is 12.1 Å². The number of thioether (sulfide) groups is 1. The van der Waals surface area contributed by atoms with Gasteiger partial charge in [-0.25, -0.2) is 4.98 Å². The first-order valence-electron chi connectivity index (χ1n) is 15.5. The van der Waals surface area contributed by atoms with Crippen LogP contribution in [0, 0.1) is 0 Å². The third-order valence-corrected chi connectivity index (χ3v) is 8.54. The molecule has 0 aliphatic heterocycles. The summed E-state index contributed by atoms with van der Waals surface area (Å²) in [5.41, 5.74) is 4.56. The second-order valence-electron chi connectivity index (χ2n) is 12.1. The molecule has 5 rings (SSSR count). The third-order valence-electron chi connectivity index (χ3n) is 7.48. The predicted molar refractivity (Wildman–Crippen MR) is 182 cm³/mol. The molecule has 0 spiro atoms. The summed E-state index contributed by atoms with van der Waals surface area (Å²) >= 11 is 1.61. The zero-order chi connectivity index (χ0) is 31.6. The predicted octanol–water partition coefficient (Wildman–Crippen LogP) is 8.11. The van der Waals surface area contributed by atoms with Crippen molar-refractivity contribution in [3.63, 3.8) is 0 Å². The average molecular weight is 620 g/mol. The number of carbonyl (C=O) groups excluding carboxylic acids is 2. The Bertz CT molecular complexity index is 1640. The van der Waals surface area contributed by atoms with Crippen molar-refractivity contribution in [2.45, 2.75) is 63.4 Å². The Kier molecular flexibility index (Phi) is 10.7. The Hall–Kier alpha value is -4.36. The molecule has 1 aromatic heterocycles. The minimum absolute atomic E-state index is 0.0275. The Morgan fingerprint density at radius 3 is 2.02 bits per heavy atom. The van der Waals surface area contributed by atoms with Gasteiger partial charge in [0.05, 0.1) is 11.0 Å². The van der Waals surface area contributed by atoms with E-state index in [1.54, 1.807) is 11.8 Å². The van der Waals surface area contributed by atoms with Gasteiger partial charge in [-0.3, -0.25) is 9.59 Å². The van der Waals surface area contributed by atoms with E-state index in [0.29, 0.717) is 19.5 Å². The van der Waals surface area contributed by atoms with Crippen molar-refractivity contribution in [2.75, 3.05) is 12.3 Å². The second-order valence-corrected chi connectivity index (χ2v) is 13.2. The summed E-state index contributed by atoms with van der Waals surface area (Å²) in [6.45, 7) is 6.88. The standard InChI is InChI=1S/C38H41N3O3S/c1-38(2,3)44-36(43)28-41-34-23-14-13-22-33(34)39-37(41)45-25-15-24-40(27-29-16-7-4-8-17-29)35(42)26-32(30-18-9-5-10-19-30)31-20-11-6-12-21-31/h4-14,16-23,32H,15,24-28H2,1-3H3. The van der Waals surface area contributed by atoms with Gasteiger partial charge in [-0.15, -0.1) is 0 Å². The molecule has 0 saturated heterocycles. The average Bonchev–Trinajstić information content (AvgIpc) is 3.38. The number of esters is 1. The molecule has 1 amide bonds. The van der Waals surface area contributed by atoms with Crippen LogP contribution in [0.5, 0.6) is 0 Å². The molecule has 0 aliphatic rings. The molecule has 45 heavy (non-hydrogen) atoms. The van der Waals surface area contributed by atoms with Crippen LogP contribution in [0.1, 0.15) is 56.2 Å². The number of amides is 1. The molecule has 5 aromatic rings. The molecular formula is C38H41N3O3S. The van der Waals surface area contributed by atoms with Crippen molar-refractivity contribution in [1.29, 1.82) is 0 Å².